The lowest BCUT2D eigenvalue weighted by molar-refractivity contribution is 0.0943. The maximum atomic E-state index is 11.9. The second kappa shape index (κ2) is 5.07. The Morgan fingerprint density at radius 1 is 1.50 bits per heavy atom. The van der Waals surface area contributed by atoms with Gasteiger partial charge >= 0.3 is 0 Å². The number of thiazole rings is 1. The Morgan fingerprint density at radius 2 is 2.31 bits per heavy atom. The molecule has 0 aromatic carbocycles. The molecule has 1 N–H and O–H groups in total. The standard InChI is InChI=1S/C10H9BrN2OS2/c1-6(10-12-3-5-16-10)13-9(14)8-7(11)2-4-15-8/h2-6H,1H3,(H,13,14). The molecule has 0 bridgehead atoms. The molecular formula is C10H9BrN2OS2. The van der Waals surface area contributed by atoms with Crippen LogP contribution >= 0.6 is 38.6 Å². The minimum absolute atomic E-state index is 0.0542. The quantitative estimate of drug-likeness (QED) is 0.942. The predicted molar refractivity (Wildman–Crippen MR) is 70.0 cm³/mol. The first-order valence-corrected chi connectivity index (χ1v) is 7.17. The zero-order valence-corrected chi connectivity index (χ0v) is 11.7. The molecule has 1 unspecified atom stereocenters. The van der Waals surface area contributed by atoms with Gasteiger partial charge in [0.1, 0.15) is 9.88 Å². The number of nitrogens with one attached hydrogen (secondary N) is 1. The molecule has 3 nitrogen and oxygen atoms in total. The SMILES string of the molecule is CC(NC(=O)c1sccc1Br)c1nccs1. The number of rotatable bonds is 3. The second-order valence-electron chi connectivity index (χ2n) is 3.16. The van der Waals surface area contributed by atoms with Crippen molar-refractivity contribution in [3.05, 3.63) is 37.4 Å². The van der Waals surface area contributed by atoms with Crippen molar-refractivity contribution in [2.24, 2.45) is 0 Å². The van der Waals surface area contributed by atoms with Crippen LogP contribution in [0.3, 0.4) is 0 Å². The van der Waals surface area contributed by atoms with Gasteiger partial charge in [0, 0.05) is 16.0 Å². The fraction of sp³-hybridized carbons (Fsp3) is 0.200. The summed E-state index contributed by atoms with van der Waals surface area (Å²) in [5.74, 6) is -0.0652. The van der Waals surface area contributed by atoms with E-state index in [1.54, 1.807) is 17.5 Å². The highest BCUT2D eigenvalue weighted by molar-refractivity contribution is 9.10. The lowest BCUT2D eigenvalue weighted by Crippen LogP contribution is -2.26. The van der Waals surface area contributed by atoms with Gasteiger partial charge in [0.15, 0.2) is 0 Å². The highest BCUT2D eigenvalue weighted by Gasteiger charge is 2.16. The lowest BCUT2D eigenvalue weighted by Gasteiger charge is -2.10. The summed E-state index contributed by atoms with van der Waals surface area (Å²) in [5, 5.41) is 7.62. The van der Waals surface area contributed by atoms with E-state index in [1.165, 1.54) is 11.3 Å². The van der Waals surface area contributed by atoms with E-state index in [2.05, 4.69) is 26.2 Å². The molecule has 1 amide bonds. The number of amides is 1. The molecule has 0 aliphatic rings. The maximum Gasteiger partial charge on any atom is 0.263 e. The summed E-state index contributed by atoms with van der Waals surface area (Å²) in [5.41, 5.74) is 0. The summed E-state index contributed by atoms with van der Waals surface area (Å²) in [6.07, 6.45) is 1.74. The van der Waals surface area contributed by atoms with Gasteiger partial charge in [0.2, 0.25) is 0 Å². The van der Waals surface area contributed by atoms with Crippen LogP contribution in [0.15, 0.2) is 27.5 Å². The summed E-state index contributed by atoms with van der Waals surface area (Å²) >= 11 is 6.30. The van der Waals surface area contributed by atoms with Gasteiger partial charge in [-0.25, -0.2) is 4.98 Å². The average Bonchev–Trinajstić information content (AvgIpc) is 2.86. The number of carbonyl (C=O) groups excluding carboxylic acids is 1. The molecule has 6 heteroatoms. The summed E-state index contributed by atoms with van der Waals surface area (Å²) in [6, 6.07) is 1.81. The van der Waals surface area contributed by atoms with E-state index in [4.69, 9.17) is 0 Å². The molecular weight excluding hydrogens is 308 g/mol. The van der Waals surface area contributed by atoms with E-state index in [0.29, 0.717) is 4.88 Å². The van der Waals surface area contributed by atoms with E-state index in [-0.39, 0.29) is 11.9 Å². The predicted octanol–water partition coefficient (Wildman–Crippen LogP) is 3.46. The minimum Gasteiger partial charge on any atom is -0.342 e. The summed E-state index contributed by atoms with van der Waals surface area (Å²) < 4.78 is 0.835. The molecule has 0 spiro atoms. The molecule has 0 radical (unpaired) electrons. The first-order valence-electron chi connectivity index (χ1n) is 4.61. The summed E-state index contributed by atoms with van der Waals surface area (Å²) in [7, 11) is 0. The Labute approximate surface area is 110 Å². The van der Waals surface area contributed by atoms with Crippen molar-refractivity contribution >= 4 is 44.5 Å². The Hall–Kier alpha value is -0.720. The van der Waals surface area contributed by atoms with Crippen LogP contribution < -0.4 is 5.32 Å². The number of hydrogen-bond donors (Lipinski definition) is 1. The second-order valence-corrected chi connectivity index (χ2v) is 5.86. The van der Waals surface area contributed by atoms with Crippen LogP contribution in [0.4, 0.5) is 0 Å². The first-order chi connectivity index (χ1) is 7.68. The summed E-state index contributed by atoms with van der Waals surface area (Å²) in [4.78, 5) is 16.7. The number of hydrogen-bond acceptors (Lipinski definition) is 4. The molecule has 16 heavy (non-hydrogen) atoms. The van der Waals surface area contributed by atoms with Crippen molar-refractivity contribution in [1.82, 2.24) is 10.3 Å². The van der Waals surface area contributed by atoms with Crippen LogP contribution in [0, 0.1) is 0 Å². The van der Waals surface area contributed by atoms with E-state index >= 15 is 0 Å². The third kappa shape index (κ3) is 2.50. The van der Waals surface area contributed by atoms with Crippen molar-refractivity contribution in [3.8, 4) is 0 Å². The molecule has 2 heterocycles. The topological polar surface area (TPSA) is 42.0 Å². The Kier molecular flexibility index (Phi) is 3.73. The number of aromatic nitrogens is 1. The van der Waals surface area contributed by atoms with Crippen molar-refractivity contribution < 1.29 is 4.79 Å². The van der Waals surface area contributed by atoms with Crippen molar-refractivity contribution in [1.29, 1.82) is 0 Å². The van der Waals surface area contributed by atoms with Crippen LogP contribution in [-0.4, -0.2) is 10.9 Å². The van der Waals surface area contributed by atoms with Crippen LogP contribution in [0.2, 0.25) is 0 Å². The number of carbonyl (C=O) groups is 1. The fourth-order valence-corrected chi connectivity index (χ4v) is 3.33. The molecule has 0 saturated heterocycles. The third-order valence-corrected chi connectivity index (χ3v) is 4.79. The molecule has 0 aliphatic heterocycles. The van der Waals surface area contributed by atoms with Crippen molar-refractivity contribution in [2.45, 2.75) is 13.0 Å². The minimum atomic E-state index is -0.0652. The number of thiophene rings is 1. The van der Waals surface area contributed by atoms with Gasteiger partial charge in [-0.3, -0.25) is 4.79 Å². The maximum absolute atomic E-state index is 11.9. The summed E-state index contributed by atoms with van der Waals surface area (Å²) in [6.45, 7) is 1.93. The van der Waals surface area contributed by atoms with E-state index in [9.17, 15) is 4.79 Å². The van der Waals surface area contributed by atoms with Crippen LogP contribution in [0.1, 0.15) is 27.6 Å². The Balaban J connectivity index is 2.06. The zero-order valence-electron chi connectivity index (χ0n) is 8.44. The Bertz CT molecular complexity index is 481. The molecule has 2 rings (SSSR count). The lowest BCUT2D eigenvalue weighted by atomic mass is 10.3. The fourth-order valence-electron chi connectivity index (χ4n) is 1.23. The molecule has 0 fully saturated rings. The monoisotopic (exact) mass is 316 g/mol. The van der Waals surface area contributed by atoms with Gasteiger partial charge < -0.3 is 5.32 Å². The van der Waals surface area contributed by atoms with E-state index in [0.717, 1.165) is 9.48 Å². The van der Waals surface area contributed by atoms with Gasteiger partial charge in [0.05, 0.1) is 6.04 Å². The molecule has 0 saturated carbocycles. The molecule has 1 atom stereocenters. The first kappa shape index (κ1) is 11.8. The normalized spacial score (nSPS) is 12.4. The van der Waals surface area contributed by atoms with E-state index in [1.807, 2.05) is 23.8 Å². The van der Waals surface area contributed by atoms with Gasteiger partial charge in [-0.15, -0.1) is 22.7 Å². The largest absolute Gasteiger partial charge is 0.342 e. The molecule has 2 aromatic heterocycles. The van der Waals surface area contributed by atoms with Gasteiger partial charge in [-0.05, 0) is 34.3 Å². The number of nitrogens with zero attached hydrogens (tertiary/aromatic N) is 1. The van der Waals surface area contributed by atoms with Crippen LogP contribution in [-0.2, 0) is 0 Å². The Morgan fingerprint density at radius 3 is 2.88 bits per heavy atom. The average molecular weight is 317 g/mol. The molecule has 0 aliphatic carbocycles. The van der Waals surface area contributed by atoms with Crippen LogP contribution in [0.5, 0.6) is 0 Å². The van der Waals surface area contributed by atoms with Crippen molar-refractivity contribution in [2.75, 3.05) is 0 Å². The number of halogens is 1. The van der Waals surface area contributed by atoms with Crippen LogP contribution in [0.25, 0.3) is 0 Å². The van der Waals surface area contributed by atoms with Crippen molar-refractivity contribution in [3.63, 3.8) is 0 Å². The highest BCUT2D eigenvalue weighted by atomic mass is 79.9. The zero-order chi connectivity index (χ0) is 11.5. The highest BCUT2D eigenvalue weighted by Crippen LogP contribution is 2.23. The van der Waals surface area contributed by atoms with Gasteiger partial charge in [0.25, 0.3) is 5.91 Å². The molecule has 2 aromatic rings. The van der Waals surface area contributed by atoms with Gasteiger partial charge in [-0.1, -0.05) is 0 Å². The van der Waals surface area contributed by atoms with E-state index < -0.39 is 0 Å². The smallest absolute Gasteiger partial charge is 0.263 e. The third-order valence-electron chi connectivity index (χ3n) is 1.99. The molecule has 84 valence electrons. The van der Waals surface area contributed by atoms with Gasteiger partial charge in [-0.2, -0.15) is 0 Å².